The summed E-state index contributed by atoms with van der Waals surface area (Å²) in [5.41, 5.74) is 2.80. The van der Waals surface area contributed by atoms with Crippen molar-refractivity contribution in [2.75, 3.05) is 37.5 Å². The van der Waals surface area contributed by atoms with Gasteiger partial charge >= 0.3 is 5.97 Å². The first-order valence-corrected chi connectivity index (χ1v) is 9.90. The molecule has 31 heavy (non-hydrogen) atoms. The van der Waals surface area contributed by atoms with Crippen molar-refractivity contribution in [2.45, 2.75) is 13.3 Å². The van der Waals surface area contributed by atoms with E-state index in [2.05, 4.69) is 5.32 Å². The van der Waals surface area contributed by atoms with Gasteiger partial charge in [-0.1, -0.05) is 17.7 Å². The smallest absolute Gasteiger partial charge is 0.311 e. The monoisotopic (exact) mass is 423 g/mol. The highest BCUT2D eigenvalue weighted by Crippen LogP contribution is 2.26. The molecule has 0 aliphatic carbocycles. The summed E-state index contributed by atoms with van der Waals surface area (Å²) >= 11 is 0. The van der Waals surface area contributed by atoms with E-state index in [0.29, 0.717) is 11.3 Å². The molecule has 1 N–H and O–H groups in total. The van der Waals surface area contributed by atoms with Crippen LogP contribution in [-0.2, 0) is 19.1 Å². The van der Waals surface area contributed by atoms with Gasteiger partial charge in [0.2, 0.25) is 5.91 Å². The van der Waals surface area contributed by atoms with Crippen LogP contribution in [0.15, 0.2) is 48.5 Å². The van der Waals surface area contributed by atoms with Crippen molar-refractivity contribution in [3.8, 4) is 0 Å². The number of hydrogen-bond donors (Lipinski definition) is 1. The number of aryl methyl sites for hydroxylation is 1. The average Bonchev–Trinajstić information content (AvgIpc) is 3.14. The number of rotatable bonds is 6. The van der Waals surface area contributed by atoms with Crippen molar-refractivity contribution in [1.29, 1.82) is 0 Å². The third-order valence-corrected chi connectivity index (χ3v) is 4.97. The van der Waals surface area contributed by atoms with E-state index in [0.717, 1.165) is 11.3 Å². The molecule has 1 unspecified atom stereocenters. The van der Waals surface area contributed by atoms with Crippen LogP contribution in [0.2, 0.25) is 0 Å². The number of anilines is 2. The SMILES string of the molecule is Cc1ccc(N2CC(C(=O)OCC(=O)Nc3ccc(C(=O)N(C)C)cc3)CC2=O)cc1. The second-order valence-corrected chi connectivity index (χ2v) is 7.67. The molecule has 0 radical (unpaired) electrons. The molecule has 2 aromatic carbocycles. The summed E-state index contributed by atoms with van der Waals surface area (Å²) in [6.45, 7) is 1.73. The fourth-order valence-corrected chi connectivity index (χ4v) is 3.25. The third-order valence-electron chi connectivity index (χ3n) is 4.97. The quantitative estimate of drug-likeness (QED) is 0.719. The molecular formula is C23H25N3O5. The highest BCUT2D eigenvalue weighted by atomic mass is 16.5. The number of ether oxygens (including phenoxy) is 1. The van der Waals surface area contributed by atoms with Crippen LogP contribution in [-0.4, -0.2) is 55.8 Å². The molecule has 1 atom stereocenters. The van der Waals surface area contributed by atoms with Crippen LogP contribution in [0, 0.1) is 12.8 Å². The van der Waals surface area contributed by atoms with E-state index >= 15 is 0 Å². The van der Waals surface area contributed by atoms with Crippen molar-refractivity contribution < 1.29 is 23.9 Å². The second kappa shape index (κ2) is 9.42. The number of hydrogen-bond acceptors (Lipinski definition) is 5. The van der Waals surface area contributed by atoms with Crippen LogP contribution in [0.5, 0.6) is 0 Å². The van der Waals surface area contributed by atoms with Gasteiger partial charge in [0.15, 0.2) is 6.61 Å². The number of esters is 1. The van der Waals surface area contributed by atoms with Gasteiger partial charge in [0.1, 0.15) is 0 Å². The van der Waals surface area contributed by atoms with Crippen molar-refractivity contribution in [1.82, 2.24) is 4.90 Å². The van der Waals surface area contributed by atoms with Crippen LogP contribution >= 0.6 is 0 Å². The molecule has 0 saturated carbocycles. The molecule has 1 fully saturated rings. The Labute approximate surface area is 180 Å². The standard InChI is InChI=1S/C23H25N3O5/c1-15-4-10-19(11-5-15)26-13-17(12-21(26)28)23(30)31-14-20(27)24-18-8-6-16(7-9-18)22(29)25(2)3/h4-11,17H,12-14H2,1-3H3,(H,24,27). The molecule has 162 valence electrons. The zero-order chi connectivity index (χ0) is 22.5. The number of amides is 3. The number of carbonyl (C=O) groups is 4. The molecular weight excluding hydrogens is 398 g/mol. The minimum Gasteiger partial charge on any atom is -0.455 e. The van der Waals surface area contributed by atoms with Crippen molar-refractivity contribution in [3.05, 3.63) is 59.7 Å². The third kappa shape index (κ3) is 5.48. The van der Waals surface area contributed by atoms with E-state index in [1.54, 1.807) is 43.3 Å². The zero-order valence-electron chi connectivity index (χ0n) is 17.8. The number of nitrogens with zero attached hydrogens (tertiary/aromatic N) is 2. The molecule has 2 aromatic rings. The number of nitrogens with one attached hydrogen (secondary N) is 1. The summed E-state index contributed by atoms with van der Waals surface area (Å²) in [6, 6.07) is 13.9. The molecule has 8 heteroatoms. The van der Waals surface area contributed by atoms with Gasteiger partial charge in [0, 0.05) is 44.0 Å². The van der Waals surface area contributed by atoms with Gasteiger partial charge in [-0.05, 0) is 43.3 Å². The fourth-order valence-electron chi connectivity index (χ4n) is 3.25. The van der Waals surface area contributed by atoms with Gasteiger partial charge in [0.25, 0.3) is 11.8 Å². The van der Waals surface area contributed by atoms with E-state index in [-0.39, 0.29) is 24.8 Å². The highest BCUT2D eigenvalue weighted by molar-refractivity contribution is 6.00. The van der Waals surface area contributed by atoms with Gasteiger partial charge in [0.05, 0.1) is 5.92 Å². The maximum Gasteiger partial charge on any atom is 0.311 e. The lowest BCUT2D eigenvalue weighted by Crippen LogP contribution is -2.28. The summed E-state index contributed by atoms with van der Waals surface area (Å²) < 4.78 is 5.11. The Hall–Kier alpha value is -3.68. The van der Waals surface area contributed by atoms with Crippen LogP contribution in [0.25, 0.3) is 0 Å². The molecule has 0 bridgehead atoms. The Kier molecular flexibility index (Phi) is 6.69. The lowest BCUT2D eigenvalue weighted by atomic mass is 10.1. The first kappa shape index (κ1) is 22.0. The topological polar surface area (TPSA) is 96.0 Å². The van der Waals surface area contributed by atoms with Gasteiger partial charge in [-0.3, -0.25) is 19.2 Å². The predicted molar refractivity (Wildman–Crippen MR) is 116 cm³/mol. The maximum absolute atomic E-state index is 12.3. The number of benzene rings is 2. The van der Waals surface area contributed by atoms with Gasteiger partial charge in [-0.25, -0.2) is 0 Å². The minimum absolute atomic E-state index is 0.0513. The normalized spacial score (nSPS) is 15.5. The second-order valence-electron chi connectivity index (χ2n) is 7.67. The lowest BCUT2D eigenvalue weighted by molar-refractivity contribution is -0.151. The van der Waals surface area contributed by atoms with Crippen LogP contribution in [0.1, 0.15) is 22.3 Å². The molecule has 3 amide bonds. The summed E-state index contributed by atoms with van der Waals surface area (Å²) in [5.74, 6) is -1.98. The molecule has 0 aromatic heterocycles. The molecule has 0 spiro atoms. The molecule has 1 aliphatic heterocycles. The predicted octanol–water partition coefficient (Wildman–Crippen LogP) is 2.23. The summed E-state index contributed by atoms with van der Waals surface area (Å²) in [4.78, 5) is 51.6. The van der Waals surface area contributed by atoms with E-state index in [1.807, 2.05) is 31.2 Å². The van der Waals surface area contributed by atoms with E-state index in [4.69, 9.17) is 4.74 Å². The molecule has 1 aliphatic rings. The Morgan fingerprint density at radius 3 is 2.32 bits per heavy atom. The Bertz CT molecular complexity index is 983. The molecule has 1 heterocycles. The van der Waals surface area contributed by atoms with E-state index in [1.165, 1.54) is 4.90 Å². The molecule has 1 saturated heterocycles. The van der Waals surface area contributed by atoms with Crippen molar-refractivity contribution >= 4 is 35.1 Å². The fraction of sp³-hybridized carbons (Fsp3) is 0.304. The van der Waals surface area contributed by atoms with Gasteiger partial charge < -0.3 is 19.9 Å². The average molecular weight is 423 g/mol. The molecule has 8 nitrogen and oxygen atoms in total. The first-order chi connectivity index (χ1) is 14.7. The maximum atomic E-state index is 12.3. The summed E-state index contributed by atoms with van der Waals surface area (Å²) in [7, 11) is 3.31. The van der Waals surface area contributed by atoms with Gasteiger partial charge in [-0.2, -0.15) is 0 Å². The van der Waals surface area contributed by atoms with Crippen LogP contribution in [0.4, 0.5) is 11.4 Å². The zero-order valence-corrected chi connectivity index (χ0v) is 17.8. The van der Waals surface area contributed by atoms with Gasteiger partial charge in [-0.15, -0.1) is 0 Å². The van der Waals surface area contributed by atoms with Crippen molar-refractivity contribution in [2.24, 2.45) is 5.92 Å². The minimum atomic E-state index is -0.613. The lowest BCUT2D eigenvalue weighted by Gasteiger charge is -2.16. The largest absolute Gasteiger partial charge is 0.455 e. The van der Waals surface area contributed by atoms with Crippen LogP contribution in [0.3, 0.4) is 0 Å². The summed E-state index contributed by atoms with van der Waals surface area (Å²) in [5, 5.41) is 2.61. The Balaban J connectivity index is 1.49. The Morgan fingerprint density at radius 2 is 1.71 bits per heavy atom. The molecule has 3 rings (SSSR count). The first-order valence-electron chi connectivity index (χ1n) is 9.90. The highest BCUT2D eigenvalue weighted by Gasteiger charge is 2.36. The summed E-state index contributed by atoms with van der Waals surface area (Å²) in [6.07, 6.45) is 0.0513. The Morgan fingerprint density at radius 1 is 1.06 bits per heavy atom. The van der Waals surface area contributed by atoms with Crippen molar-refractivity contribution in [3.63, 3.8) is 0 Å². The van der Waals surface area contributed by atoms with E-state index in [9.17, 15) is 19.2 Å². The van der Waals surface area contributed by atoms with E-state index < -0.39 is 24.4 Å². The number of carbonyl (C=O) groups excluding carboxylic acids is 4. The van der Waals surface area contributed by atoms with Crippen LogP contribution < -0.4 is 10.2 Å².